The minimum absolute atomic E-state index is 0.113. The van der Waals surface area contributed by atoms with Gasteiger partial charge in [0.05, 0.1) is 6.42 Å². The number of carbonyl (C=O) groups is 4. The van der Waals surface area contributed by atoms with E-state index in [2.05, 4.69) is 0 Å². The van der Waals surface area contributed by atoms with Gasteiger partial charge in [0.15, 0.2) is 0 Å². The van der Waals surface area contributed by atoms with Crippen molar-refractivity contribution < 1.29 is 33.8 Å². The Hall–Kier alpha value is -3.02. The maximum Gasteiger partial charge on any atom is 0.332 e. The van der Waals surface area contributed by atoms with Crippen LogP contribution in [0.5, 0.6) is 5.75 Å². The summed E-state index contributed by atoms with van der Waals surface area (Å²) in [6.07, 6.45) is -1.35. The van der Waals surface area contributed by atoms with E-state index in [1.54, 1.807) is 12.1 Å². The van der Waals surface area contributed by atoms with Crippen molar-refractivity contribution in [2.45, 2.75) is 44.0 Å². The van der Waals surface area contributed by atoms with E-state index < -0.39 is 54.5 Å². The molecule has 0 unspecified atom stereocenters. The summed E-state index contributed by atoms with van der Waals surface area (Å²) in [5.74, 6) is -3.52. The van der Waals surface area contributed by atoms with E-state index in [4.69, 9.17) is 37.5 Å². The van der Waals surface area contributed by atoms with Crippen molar-refractivity contribution in [3.63, 3.8) is 0 Å². The number of nitrogens with two attached hydrogens (primary N) is 4. The number of carbonyl (C=O) groups excluding carboxylic acids is 3. The molecule has 0 aliphatic rings. The van der Waals surface area contributed by atoms with Crippen LogP contribution in [0.1, 0.15) is 18.9 Å². The molecule has 28 heavy (non-hydrogen) atoms. The smallest absolute Gasteiger partial charge is 0.332 e. The maximum atomic E-state index is 12.1. The third-order valence-electron chi connectivity index (χ3n) is 3.72. The van der Waals surface area contributed by atoms with Crippen LogP contribution in [0, 0.1) is 0 Å². The van der Waals surface area contributed by atoms with Crippen LogP contribution in [-0.4, -0.2) is 53.2 Å². The molecule has 0 radical (unpaired) electrons. The average molecular weight is 396 g/mol. The molecule has 0 aromatic heterocycles. The average Bonchev–Trinajstić information content (AvgIpc) is 2.61. The van der Waals surface area contributed by atoms with Gasteiger partial charge in [-0.3, -0.25) is 14.4 Å². The molecule has 0 saturated carbocycles. The molecule has 1 aromatic carbocycles. The molecule has 1 amide bonds. The summed E-state index contributed by atoms with van der Waals surface area (Å²) in [6, 6.07) is 2.42. The minimum Gasteiger partial charge on any atom is -0.480 e. The fourth-order valence-corrected chi connectivity index (χ4v) is 2.05. The molecule has 1 rings (SSSR count). The van der Waals surface area contributed by atoms with Crippen LogP contribution in [0.2, 0.25) is 0 Å². The molecule has 0 heterocycles. The van der Waals surface area contributed by atoms with E-state index in [1.807, 2.05) is 0 Å². The van der Waals surface area contributed by atoms with Gasteiger partial charge in [0.25, 0.3) is 0 Å². The van der Waals surface area contributed by atoms with Gasteiger partial charge >= 0.3 is 17.9 Å². The molecule has 9 N–H and O–H groups in total. The van der Waals surface area contributed by atoms with Crippen LogP contribution in [0.15, 0.2) is 24.3 Å². The fourth-order valence-electron chi connectivity index (χ4n) is 2.05. The van der Waals surface area contributed by atoms with Gasteiger partial charge in [-0.2, -0.15) is 0 Å². The summed E-state index contributed by atoms with van der Waals surface area (Å²) in [5.41, 5.74) is 22.2. The fraction of sp³-hybridized carbons (Fsp3) is 0.412. The van der Waals surface area contributed by atoms with Crippen molar-refractivity contribution in [1.82, 2.24) is 0 Å². The Kier molecular flexibility index (Phi) is 8.51. The van der Waals surface area contributed by atoms with Gasteiger partial charge in [-0.05, 0) is 31.0 Å². The summed E-state index contributed by atoms with van der Waals surface area (Å²) in [5, 5.41) is 8.79. The minimum atomic E-state index is -1.30. The van der Waals surface area contributed by atoms with Gasteiger partial charge in [-0.1, -0.05) is 12.1 Å². The molecular formula is C17H24N4O7. The first-order valence-electron chi connectivity index (χ1n) is 8.30. The molecule has 154 valence electrons. The van der Waals surface area contributed by atoms with Crippen LogP contribution in [0.25, 0.3) is 0 Å². The molecule has 11 heteroatoms. The highest BCUT2D eigenvalue weighted by atomic mass is 16.6. The molecule has 4 atom stereocenters. The van der Waals surface area contributed by atoms with Crippen LogP contribution >= 0.6 is 0 Å². The molecule has 11 nitrogen and oxygen atoms in total. The molecule has 0 fully saturated rings. The zero-order valence-electron chi connectivity index (χ0n) is 15.2. The zero-order valence-corrected chi connectivity index (χ0v) is 15.2. The van der Waals surface area contributed by atoms with Crippen LogP contribution in [-0.2, 0) is 30.3 Å². The number of amides is 1. The van der Waals surface area contributed by atoms with Crippen molar-refractivity contribution in [2.75, 3.05) is 0 Å². The predicted octanol–water partition coefficient (Wildman–Crippen LogP) is -1.99. The lowest BCUT2D eigenvalue weighted by Crippen LogP contribution is -2.47. The van der Waals surface area contributed by atoms with Crippen LogP contribution in [0.3, 0.4) is 0 Å². The largest absolute Gasteiger partial charge is 0.480 e. The summed E-state index contributed by atoms with van der Waals surface area (Å²) >= 11 is 0. The van der Waals surface area contributed by atoms with Crippen LogP contribution in [0.4, 0.5) is 0 Å². The Morgan fingerprint density at radius 2 is 1.57 bits per heavy atom. The maximum absolute atomic E-state index is 12.1. The van der Waals surface area contributed by atoms with E-state index in [-0.39, 0.29) is 12.2 Å². The quantitative estimate of drug-likeness (QED) is 0.217. The predicted molar refractivity (Wildman–Crippen MR) is 96.7 cm³/mol. The molecular weight excluding hydrogens is 372 g/mol. The number of benzene rings is 1. The molecule has 0 spiro atoms. The lowest BCUT2D eigenvalue weighted by Gasteiger charge is -2.20. The number of primary amides is 1. The highest BCUT2D eigenvalue weighted by Gasteiger charge is 2.28. The van der Waals surface area contributed by atoms with Gasteiger partial charge in [0.2, 0.25) is 5.91 Å². The Morgan fingerprint density at radius 1 is 1.00 bits per heavy atom. The van der Waals surface area contributed by atoms with Gasteiger partial charge in [0.1, 0.15) is 30.0 Å². The lowest BCUT2D eigenvalue weighted by molar-refractivity contribution is -0.155. The molecule has 0 aliphatic heterocycles. The number of rotatable bonds is 10. The van der Waals surface area contributed by atoms with E-state index >= 15 is 0 Å². The first kappa shape index (κ1) is 23.0. The number of ether oxygens (including phenoxy) is 2. The normalized spacial score (nSPS) is 15.0. The highest BCUT2D eigenvalue weighted by molar-refractivity contribution is 5.85. The third kappa shape index (κ3) is 7.31. The number of hydrogen-bond acceptors (Lipinski definition) is 9. The van der Waals surface area contributed by atoms with Gasteiger partial charge in [0, 0.05) is 0 Å². The number of esters is 2. The van der Waals surface area contributed by atoms with Crippen LogP contribution < -0.4 is 27.7 Å². The number of aliphatic carboxylic acids is 1. The van der Waals surface area contributed by atoms with Crippen molar-refractivity contribution >= 4 is 23.8 Å². The van der Waals surface area contributed by atoms with Crippen molar-refractivity contribution in [3.05, 3.63) is 29.8 Å². The van der Waals surface area contributed by atoms with E-state index in [9.17, 15) is 19.2 Å². The Balaban J connectivity index is 2.60. The number of hydrogen-bond donors (Lipinski definition) is 5. The molecule has 1 aromatic rings. The Bertz CT molecular complexity index is 723. The Labute approximate surface area is 160 Å². The van der Waals surface area contributed by atoms with Gasteiger partial charge < -0.3 is 37.5 Å². The standard InChI is InChI=1S/C17H24N4O7/c1-8(27-16(25)12(19)7-13(20)22)14(21)17(26)28-10-4-2-9(3-5-10)6-11(18)15(23)24/h2-5,8,11-12,14H,6-7,18-19,21H2,1H3,(H2,20,22)(H,23,24)/t8-,11+,12+,14+/m1/s1. The summed E-state index contributed by atoms with van der Waals surface area (Å²) in [7, 11) is 0. The van der Waals surface area contributed by atoms with Crippen molar-refractivity contribution in [3.8, 4) is 5.75 Å². The molecule has 0 aliphatic carbocycles. The molecule has 0 bridgehead atoms. The second kappa shape index (κ2) is 10.3. The lowest BCUT2D eigenvalue weighted by atomic mass is 10.1. The Morgan fingerprint density at radius 3 is 2.07 bits per heavy atom. The number of carboxylic acid groups (broad SMARTS) is 1. The zero-order chi connectivity index (χ0) is 21.4. The molecule has 0 saturated heterocycles. The van der Waals surface area contributed by atoms with E-state index in [0.29, 0.717) is 5.56 Å². The van der Waals surface area contributed by atoms with E-state index in [0.717, 1.165) is 0 Å². The second-order valence-electron chi connectivity index (χ2n) is 6.16. The van der Waals surface area contributed by atoms with E-state index in [1.165, 1.54) is 19.1 Å². The topological polar surface area (TPSA) is 211 Å². The summed E-state index contributed by atoms with van der Waals surface area (Å²) < 4.78 is 10.1. The summed E-state index contributed by atoms with van der Waals surface area (Å²) in [4.78, 5) is 45.3. The summed E-state index contributed by atoms with van der Waals surface area (Å²) in [6.45, 7) is 1.37. The van der Waals surface area contributed by atoms with Gasteiger partial charge in [-0.15, -0.1) is 0 Å². The third-order valence-corrected chi connectivity index (χ3v) is 3.72. The SMILES string of the molecule is C[C@@H](OC(=O)[C@@H](N)CC(N)=O)[C@H](N)C(=O)Oc1ccc(C[C@H](N)C(=O)O)cc1. The highest BCUT2D eigenvalue weighted by Crippen LogP contribution is 2.15. The first-order chi connectivity index (χ1) is 13.0. The number of carboxylic acids is 1. The first-order valence-corrected chi connectivity index (χ1v) is 8.30. The van der Waals surface area contributed by atoms with Gasteiger partial charge in [-0.25, -0.2) is 4.79 Å². The van der Waals surface area contributed by atoms with Crippen molar-refractivity contribution in [1.29, 1.82) is 0 Å². The monoisotopic (exact) mass is 396 g/mol. The second-order valence-corrected chi connectivity index (χ2v) is 6.16. The van der Waals surface area contributed by atoms with Crippen molar-refractivity contribution in [2.24, 2.45) is 22.9 Å².